The first-order chi connectivity index (χ1) is 9.95. The molecule has 2 aromatic rings. The summed E-state index contributed by atoms with van der Waals surface area (Å²) in [6, 6.07) is 6.83. The van der Waals surface area contributed by atoms with E-state index in [0.717, 1.165) is 12.1 Å². The van der Waals surface area contributed by atoms with Crippen molar-refractivity contribution in [1.82, 2.24) is 0 Å². The predicted molar refractivity (Wildman–Crippen MR) is 69.5 cm³/mol. The van der Waals surface area contributed by atoms with Crippen molar-refractivity contribution < 1.29 is 22.7 Å². The molecule has 0 aromatic heterocycles. The molecule has 6 heteroatoms. The minimum Gasteiger partial charge on any atom is -0.388 e. The summed E-state index contributed by atoms with van der Waals surface area (Å²) >= 11 is 0. The third-order valence-corrected chi connectivity index (χ3v) is 3.32. The van der Waals surface area contributed by atoms with Crippen LogP contribution in [0.25, 0.3) is 0 Å². The van der Waals surface area contributed by atoms with Gasteiger partial charge in [0.2, 0.25) is 0 Å². The molecule has 0 heterocycles. The van der Waals surface area contributed by atoms with Gasteiger partial charge in [-0.3, -0.25) is 0 Å². The number of hydrogen-bond donors (Lipinski definition) is 2. The molecule has 2 atom stereocenters. The fourth-order valence-corrected chi connectivity index (χ4v) is 2.14. The number of hydrogen-bond acceptors (Lipinski definition) is 2. The van der Waals surface area contributed by atoms with E-state index in [9.17, 15) is 22.7 Å². The number of nitrogens with two attached hydrogens (primary N) is 1. The molecule has 0 amide bonds. The van der Waals surface area contributed by atoms with E-state index in [1.54, 1.807) is 0 Å². The number of benzene rings is 2. The molecule has 2 unspecified atom stereocenters. The van der Waals surface area contributed by atoms with Crippen LogP contribution in [0.4, 0.5) is 17.6 Å². The molecule has 0 aliphatic heterocycles. The Bertz CT molecular complexity index is 630. The summed E-state index contributed by atoms with van der Waals surface area (Å²) in [5.74, 6) is -5.69. The Morgan fingerprint density at radius 1 is 0.905 bits per heavy atom. The highest BCUT2D eigenvalue weighted by atomic mass is 19.2. The van der Waals surface area contributed by atoms with Crippen molar-refractivity contribution in [1.29, 1.82) is 0 Å². The van der Waals surface area contributed by atoms with E-state index in [2.05, 4.69) is 0 Å². The molecule has 0 fully saturated rings. The van der Waals surface area contributed by atoms with Crippen molar-refractivity contribution in [2.75, 3.05) is 6.54 Å². The second kappa shape index (κ2) is 6.24. The zero-order valence-electron chi connectivity index (χ0n) is 10.9. The summed E-state index contributed by atoms with van der Waals surface area (Å²) < 4.78 is 52.8. The zero-order valence-corrected chi connectivity index (χ0v) is 10.9. The molecule has 0 bridgehead atoms. The van der Waals surface area contributed by atoms with Crippen molar-refractivity contribution in [2.24, 2.45) is 5.73 Å². The van der Waals surface area contributed by atoms with Gasteiger partial charge in [-0.05, 0) is 23.8 Å². The van der Waals surface area contributed by atoms with E-state index in [-0.39, 0.29) is 6.54 Å². The summed E-state index contributed by atoms with van der Waals surface area (Å²) in [5, 5.41) is 10.2. The lowest BCUT2D eigenvalue weighted by molar-refractivity contribution is 0.141. The minimum absolute atomic E-state index is 0.0781. The van der Waals surface area contributed by atoms with Gasteiger partial charge in [0.1, 0.15) is 5.82 Å². The lowest BCUT2D eigenvalue weighted by Gasteiger charge is -2.23. The normalized spacial score (nSPS) is 14.0. The summed E-state index contributed by atoms with van der Waals surface area (Å²) in [5.41, 5.74) is 5.63. The first-order valence-corrected chi connectivity index (χ1v) is 6.22. The van der Waals surface area contributed by atoms with Gasteiger partial charge in [-0.2, -0.15) is 0 Å². The van der Waals surface area contributed by atoms with Crippen LogP contribution in [-0.2, 0) is 0 Å². The average molecular weight is 299 g/mol. The lowest BCUT2D eigenvalue weighted by atomic mass is 9.89. The summed E-state index contributed by atoms with van der Waals surface area (Å²) in [7, 11) is 0. The lowest BCUT2D eigenvalue weighted by Crippen LogP contribution is -2.21. The van der Waals surface area contributed by atoms with Crippen LogP contribution in [0.5, 0.6) is 0 Å². The summed E-state index contributed by atoms with van der Waals surface area (Å²) in [4.78, 5) is 0. The second-order valence-electron chi connectivity index (χ2n) is 4.60. The molecular formula is C15H13F4NO. The molecular weight excluding hydrogens is 286 g/mol. The van der Waals surface area contributed by atoms with E-state index in [4.69, 9.17) is 5.73 Å². The summed E-state index contributed by atoms with van der Waals surface area (Å²) in [6.07, 6.45) is -1.48. The van der Waals surface area contributed by atoms with Gasteiger partial charge >= 0.3 is 0 Å². The monoisotopic (exact) mass is 299 g/mol. The molecule has 0 aliphatic rings. The van der Waals surface area contributed by atoms with Crippen LogP contribution in [0.15, 0.2) is 36.4 Å². The van der Waals surface area contributed by atoms with E-state index in [0.29, 0.717) is 5.56 Å². The van der Waals surface area contributed by atoms with Gasteiger partial charge < -0.3 is 10.8 Å². The molecule has 2 aromatic carbocycles. The van der Waals surface area contributed by atoms with Crippen LogP contribution < -0.4 is 5.73 Å². The Labute approximate surface area is 118 Å². The molecule has 0 saturated heterocycles. The van der Waals surface area contributed by atoms with Gasteiger partial charge in [0, 0.05) is 18.0 Å². The van der Waals surface area contributed by atoms with E-state index in [1.165, 1.54) is 24.3 Å². The highest BCUT2D eigenvalue weighted by molar-refractivity contribution is 5.29. The maximum atomic E-state index is 13.7. The van der Waals surface area contributed by atoms with Crippen molar-refractivity contribution in [2.45, 2.75) is 12.0 Å². The standard InChI is InChI=1S/C15H13F4NO/c16-9-3-1-8(2-4-9)11(7-20)15(21)10-5-6-12(17)14(19)13(10)18/h1-6,11,15,21H,7,20H2. The van der Waals surface area contributed by atoms with Gasteiger partial charge in [-0.25, -0.2) is 17.6 Å². The van der Waals surface area contributed by atoms with Crippen LogP contribution in [-0.4, -0.2) is 11.7 Å². The Hall–Kier alpha value is -1.92. The smallest absolute Gasteiger partial charge is 0.194 e. The maximum Gasteiger partial charge on any atom is 0.194 e. The van der Waals surface area contributed by atoms with E-state index in [1.807, 2.05) is 0 Å². The Kier molecular flexibility index (Phi) is 4.59. The van der Waals surface area contributed by atoms with Crippen molar-refractivity contribution in [3.05, 3.63) is 70.8 Å². The molecule has 112 valence electrons. The van der Waals surface area contributed by atoms with Crippen molar-refractivity contribution in [3.63, 3.8) is 0 Å². The van der Waals surface area contributed by atoms with Gasteiger partial charge in [0.15, 0.2) is 17.5 Å². The fourth-order valence-electron chi connectivity index (χ4n) is 2.14. The van der Waals surface area contributed by atoms with Crippen LogP contribution in [0.3, 0.4) is 0 Å². The third kappa shape index (κ3) is 3.06. The minimum atomic E-state index is -1.65. The Morgan fingerprint density at radius 3 is 2.10 bits per heavy atom. The van der Waals surface area contributed by atoms with Crippen LogP contribution >= 0.6 is 0 Å². The number of halogens is 4. The molecule has 2 rings (SSSR count). The zero-order chi connectivity index (χ0) is 15.6. The largest absolute Gasteiger partial charge is 0.388 e. The molecule has 2 nitrogen and oxygen atoms in total. The van der Waals surface area contributed by atoms with E-state index >= 15 is 0 Å². The number of aliphatic hydroxyl groups excluding tert-OH is 1. The highest BCUT2D eigenvalue weighted by Gasteiger charge is 2.26. The molecule has 0 saturated carbocycles. The van der Waals surface area contributed by atoms with Crippen LogP contribution in [0, 0.1) is 23.3 Å². The number of aliphatic hydroxyl groups is 1. The molecule has 0 radical (unpaired) electrons. The van der Waals surface area contributed by atoms with Gasteiger partial charge in [-0.15, -0.1) is 0 Å². The van der Waals surface area contributed by atoms with Crippen LogP contribution in [0.2, 0.25) is 0 Å². The molecule has 0 aliphatic carbocycles. The predicted octanol–water partition coefficient (Wildman–Crippen LogP) is 3.02. The second-order valence-corrected chi connectivity index (χ2v) is 4.60. The highest BCUT2D eigenvalue weighted by Crippen LogP contribution is 2.32. The Balaban J connectivity index is 2.39. The third-order valence-electron chi connectivity index (χ3n) is 3.32. The average Bonchev–Trinajstić information content (AvgIpc) is 2.47. The maximum absolute atomic E-state index is 13.7. The van der Waals surface area contributed by atoms with Crippen molar-refractivity contribution in [3.8, 4) is 0 Å². The first-order valence-electron chi connectivity index (χ1n) is 6.22. The quantitative estimate of drug-likeness (QED) is 0.673. The van der Waals surface area contributed by atoms with Gasteiger partial charge in [-0.1, -0.05) is 18.2 Å². The topological polar surface area (TPSA) is 46.2 Å². The Morgan fingerprint density at radius 2 is 1.52 bits per heavy atom. The van der Waals surface area contributed by atoms with E-state index < -0.39 is 40.9 Å². The fraction of sp³-hybridized carbons (Fsp3) is 0.200. The molecule has 0 spiro atoms. The van der Waals surface area contributed by atoms with Gasteiger partial charge in [0.25, 0.3) is 0 Å². The van der Waals surface area contributed by atoms with Gasteiger partial charge in [0.05, 0.1) is 6.10 Å². The number of rotatable bonds is 4. The SMILES string of the molecule is NCC(c1ccc(F)cc1)C(O)c1ccc(F)c(F)c1F. The van der Waals surface area contributed by atoms with Crippen LogP contribution in [0.1, 0.15) is 23.1 Å². The summed E-state index contributed by atoms with van der Waals surface area (Å²) in [6.45, 7) is -0.0781. The molecule has 3 N–H and O–H groups in total. The van der Waals surface area contributed by atoms with Crippen molar-refractivity contribution >= 4 is 0 Å². The molecule has 21 heavy (non-hydrogen) atoms. The first kappa shape index (κ1) is 15.5.